The second-order valence-corrected chi connectivity index (χ2v) is 14.5. The molecule has 10 aromatic rings. The normalized spacial score (nSPS) is 11.2. The third kappa shape index (κ3) is 6.46. The van der Waals surface area contributed by atoms with E-state index >= 15 is 0 Å². The topological polar surface area (TPSA) is 3.24 Å². The molecule has 57 heavy (non-hydrogen) atoms. The van der Waals surface area contributed by atoms with Gasteiger partial charge in [0.2, 0.25) is 0 Å². The van der Waals surface area contributed by atoms with Gasteiger partial charge in [-0.05, 0) is 90.3 Å². The first kappa shape index (κ1) is 34.0. The van der Waals surface area contributed by atoms with Gasteiger partial charge in [0.05, 0.1) is 11.4 Å². The number of benzene rings is 10. The molecule has 0 bridgehead atoms. The van der Waals surface area contributed by atoms with Gasteiger partial charge in [-0.2, -0.15) is 0 Å². The summed E-state index contributed by atoms with van der Waals surface area (Å²) < 4.78 is 0. The van der Waals surface area contributed by atoms with E-state index in [2.05, 4.69) is 241 Å². The molecule has 268 valence electrons. The molecule has 0 N–H and O–H groups in total. The Morgan fingerprint density at radius 1 is 0.228 bits per heavy atom. The fourth-order valence-corrected chi connectivity index (χ4v) is 8.37. The quantitative estimate of drug-likeness (QED) is 0.141. The molecule has 0 aliphatic carbocycles. The Kier molecular flexibility index (Phi) is 8.95. The Morgan fingerprint density at radius 3 is 1.35 bits per heavy atom. The number of hydrogen-bond donors (Lipinski definition) is 0. The summed E-state index contributed by atoms with van der Waals surface area (Å²) in [6.45, 7) is 0. The first-order valence-electron chi connectivity index (χ1n) is 19.6. The van der Waals surface area contributed by atoms with Gasteiger partial charge in [-0.15, -0.1) is 0 Å². The predicted molar refractivity (Wildman–Crippen MR) is 243 cm³/mol. The van der Waals surface area contributed by atoms with Gasteiger partial charge < -0.3 is 4.90 Å². The minimum atomic E-state index is 1.10. The van der Waals surface area contributed by atoms with Gasteiger partial charge in [0.15, 0.2) is 0 Å². The van der Waals surface area contributed by atoms with Crippen LogP contribution in [0.4, 0.5) is 17.1 Å². The monoisotopic (exact) mass is 725 g/mol. The summed E-state index contributed by atoms with van der Waals surface area (Å²) in [4.78, 5) is 2.46. The molecule has 1 heteroatoms. The average molecular weight is 726 g/mol. The molecule has 0 heterocycles. The second kappa shape index (κ2) is 15.0. The van der Waals surface area contributed by atoms with Crippen molar-refractivity contribution in [2.75, 3.05) is 4.90 Å². The number of hydrogen-bond acceptors (Lipinski definition) is 1. The van der Waals surface area contributed by atoms with E-state index in [9.17, 15) is 0 Å². The maximum Gasteiger partial charge on any atom is 0.0540 e. The lowest BCUT2D eigenvalue weighted by Crippen LogP contribution is -2.12. The Bertz CT molecular complexity index is 3000. The molecule has 0 aliphatic heterocycles. The van der Waals surface area contributed by atoms with E-state index in [1.54, 1.807) is 0 Å². The summed E-state index contributed by atoms with van der Waals surface area (Å²) in [6.07, 6.45) is 0. The van der Waals surface area contributed by atoms with Crippen LogP contribution in [0, 0.1) is 0 Å². The first-order chi connectivity index (χ1) is 28.3. The standard InChI is InChI=1S/C56H39N/c1-3-17-40(18-4-1)41-31-33-44(34-32-41)50-24-13-15-29-55(50)57(46-37-38-49-45(39-46)36-35-43-21-7-8-22-47(43)49)56-30-16-14-28-54(56)53-27-12-11-26-52(53)51-25-10-9-23-48(51)42-19-5-2-6-20-42/h1-39H. The lowest BCUT2D eigenvalue weighted by Gasteiger charge is -2.30. The number of rotatable bonds is 8. The van der Waals surface area contributed by atoms with Crippen LogP contribution in [0.1, 0.15) is 0 Å². The zero-order chi connectivity index (χ0) is 38.0. The lowest BCUT2D eigenvalue weighted by atomic mass is 9.88. The fourth-order valence-electron chi connectivity index (χ4n) is 8.37. The molecule has 0 aromatic heterocycles. The Labute approximate surface area is 334 Å². The van der Waals surface area contributed by atoms with Crippen molar-refractivity contribution in [2.24, 2.45) is 0 Å². The molecule has 0 fully saturated rings. The summed E-state index contributed by atoms with van der Waals surface area (Å²) in [5.74, 6) is 0. The zero-order valence-corrected chi connectivity index (χ0v) is 31.5. The Morgan fingerprint density at radius 2 is 0.649 bits per heavy atom. The van der Waals surface area contributed by atoms with Crippen LogP contribution in [0.2, 0.25) is 0 Å². The van der Waals surface area contributed by atoms with Crippen LogP contribution in [0.15, 0.2) is 237 Å². The molecule has 0 radical (unpaired) electrons. The molecule has 0 amide bonds. The van der Waals surface area contributed by atoms with Gasteiger partial charge in [-0.25, -0.2) is 0 Å². The van der Waals surface area contributed by atoms with Crippen LogP contribution < -0.4 is 4.90 Å². The van der Waals surface area contributed by atoms with Gasteiger partial charge in [0.25, 0.3) is 0 Å². The van der Waals surface area contributed by atoms with Gasteiger partial charge in [0, 0.05) is 16.8 Å². The van der Waals surface area contributed by atoms with E-state index in [0.717, 1.165) is 33.8 Å². The minimum Gasteiger partial charge on any atom is -0.309 e. The van der Waals surface area contributed by atoms with Crippen molar-refractivity contribution in [2.45, 2.75) is 0 Å². The fraction of sp³-hybridized carbons (Fsp3) is 0. The maximum absolute atomic E-state index is 2.46. The summed E-state index contributed by atoms with van der Waals surface area (Å²) in [7, 11) is 0. The van der Waals surface area contributed by atoms with E-state index in [1.807, 2.05) is 0 Å². The second-order valence-electron chi connectivity index (χ2n) is 14.5. The molecular formula is C56H39N. The molecule has 10 rings (SSSR count). The lowest BCUT2D eigenvalue weighted by molar-refractivity contribution is 1.29. The predicted octanol–water partition coefficient (Wildman–Crippen LogP) is 15.8. The van der Waals surface area contributed by atoms with E-state index in [1.165, 1.54) is 60.5 Å². The van der Waals surface area contributed by atoms with Gasteiger partial charge >= 0.3 is 0 Å². The van der Waals surface area contributed by atoms with Crippen molar-refractivity contribution in [1.29, 1.82) is 0 Å². The molecule has 0 unspecified atom stereocenters. The molecule has 0 atom stereocenters. The van der Waals surface area contributed by atoms with E-state index in [-0.39, 0.29) is 0 Å². The van der Waals surface area contributed by atoms with Crippen LogP contribution in [0.5, 0.6) is 0 Å². The van der Waals surface area contributed by atoms with Crippen LogP contribution >= 0.6 is 0 Å². The van der Waals surface area contributed by atoms with Crippen LogP contribution in [0.3, 0.4) is 0 Å². The average Bonchev–Trinajstić information content (AvgIpc) is 3.30. The van der Waals surface area contributed by atoms with E-state index < -0.39 is 0 Å². The molecule has 0 spiro atoms. The van der Waals surface area contributed by atoms with Crippen molar-refractivity contribution < 1.29 is 0 Å². The highest BCUT2D eigenvalue weighted by Gasteiger charge is 2.22. The third-order valence-electron chi connectivity index (χ3n) is 11.1. The molecule has 1 nitrogen and oxygen atoms in total. The summed E-state index contributed by atoms with van der Waals surface area (Å²) in [5, 5.41) is 4.96. The molecular weight excluding hydrogens is 687 g/mol. The zero-order valence-electron chi connectivity index (χ0n) is 31.5. The van der Waals surface area contributed by atoms with Crippen molar-refractivity contribution >= 4 is 38.6 Å². The first-order valence-corrected chi connectivity index (χ1v) is 19.6. The largest absolute Gasteiger partial charge is 0.309 e. The highest BCUT2D eigenvalue weighted by molar-refractivity contribution is 6.09. The molecule has 0 saturated heterocycles. The molecule has 10 aromatic carbocycles. The number of fused-ring (bicyclic) bond motifs is 3. The summed E-state index contributed by atoms with van der Waals surface area (Å²) in [6, 6.07) is 85.7. The van der Waals surface area contributed by atoms with Gasteiger partial charge in [-0.3, -0.25) is 0 Å². The van der Waals surface area contributed by atoms with E-state index in [0.29, 0.717) is 0 Å². The van der Waals surface area contributed by atoms with Crippen LogP contribution in [0.25, 0.3) is 77.2 Å². The molecule has 0 aliphatic rings. The SMILES string of the molecule is c1ccc(-c2ccc(-c3ccccc3N(c3ccc4c(ccc5ccccc54)c3)c3ccccc3-c3ccccc3-c3ccccc3-c3ccccc3)cc2)cc1. The number of anilines is 3. The number of nitrogens with zero attached hydrogens (tertiary/aromatic N) is 1. The van der Waals surface area contributed by atoms with Gasteiger partial charge in [0.1, 0.15) is 0 Å². The van der Waals surface area contributed by atoms with E-state index in [4.69, 9.17) is 0 Å². The highest BCUT2D eigenvalue weighted by Crippen LogP contribution is 2.48. The van der Waals surface area contributed by atoms with Gasteiger partial charge in [-0.1, -0.05) is 212 Å². The van der Waals surface area contributed by atoms with Crippen LogP contribution in [-0.2, 0) is 0 Å². The maximum atomic E-state index is 2.46. The summed E-state index contributed by atoms with van der Waals surface area (Å²) in [5.41, 5.74) is 15.2. The Hall–Kier alpha value is -7.48. The summed E-state index contributed by atoms with van der Waals surface area (Å²) >= 11 is 0. The Balaban J connectivity index is 1.19. The van der Waals surface area contributed by atoms with Crippen LogP contribution in [-0.4, -0.2) is 0 Å². The van der Waals surface area contributed by atoms with Crippen molar-refractivity contribution in [1.82, 2.24) is 0 Å². The smallest absolute Gasteiger partial charge is 0.0540 e. The third-order valence-corrected chi connectivity index (χ3v) is 11.1. The van der Waals surface area contributed by atoms with Crippen molar-refractivity contribution in [3.05, 3.63) is 237 Å². The molecule has 0 saturated carbocycles. The number of para-hydroxylation sites is 2. The van der Waals surface area contributed by atoms with Crippen molar-refractivity contribution in [3.63, 3.8) is 0 Å². The van der Waals surface area contributed by atoms with Crippen molar-refractivity contribution in [3.8, 4) is 55.6 Å². The minimum absolute atomic E-state index is 1.10. The highest BCUT2D eigenvalue weighted by atomic mass is 15.1.